The Bertz CT molecular complexity index is 809. The van der Waals surface area contributed by atoms with Gasteiger partial charge in [-0.1, -0.05) is 48.0 Å². The Morgan fingerprint density at radius 2 is 1.88 bits per heavy atom. The second-order valence-electron chi connectivity index (χ2n) is 6.46. The number of urea groups is 1. The maximum atomic E-state index is 12.5. The lowest BCUT2D eigenvalue weighted by atomic mass is 10.1. The van der Waals surface area contributed by atoms with Crippen LogP contribution >= 0.6 is 11.6 Å². The lowest BCUT2D eigenvalue weighted by Crippen LogP contribution is -2.39. The quantitative estimate of drug-likeness (QED) is 0.847. The van der Waals surface area contributed by atoms with Crippen molar-refractivity contribution in [2.45, 2.75) is 20.0 Å². The molecule has 1 aliphatic heterocycles. The molecule has 6 heteroatoms. The minimum Gasteiger partial charge on any atom is -0.350 e. The summed E-state index contributed by atoms with van der Waals surface area (Å²) in [6.45, 7) is 4.23. The summed E-state index contributed by atoms with van der Waals surface area (Å²) in [7, 11) is 0. The molecule has 2 aromatic rings. The van der Waals surface area contributed by atoms with E-state index in [0.717, 1.165) is 16.7 Å². The minimum atomic E-state index is -0.147. The monoisotopic (exact) mass is 371 g/mol. The number of carbonyl (C=O) groups is 2. The van der Waals surface area contributed by atoms with Crippen molar-refractivity contribution >= 4 is 23.5 Å². The molecule has 5 nitrogen and oxygen atoms in total. The topological polar surface area (TPSA) is 52.7 Å². The van der Waals surface area contributed by atoms with Gasteiger partial charge in [-0.05, 0) is 35.7 Å². The normalized spacial score (nSPS) is 14.0. The third-order valence-corrected chi connectivity index (χ3v) is 4.75. The maximum Gasteiger partial charge on any atom is 0.320 e. The van der Waals surface area contributed by atoms with Crippen LogP contribution in [0.2, 0.25) is 5.02 Å². The molecule has 2 aromatic carbocycles. The van der Waals surface area contributed by atoms with Crippen LogP contribution in [0.1, 0.15) is 16.7 Å². The lowest BCUT2D eigenvalue weighted by Gasteiger charge is -2.18. The first-order valence-corrected chi connectivity index (χ1v) is 9.00. The number of nitrogens with zero attached hydrogens (tertiary/aromatic N) is 2. The van der Waals surface area contributed by atoms with Crippen LogP contribution in [0.15, 0.2) is 48.5 Å². The standard InChI is InChI=1S/C20H22ClN3O2/c1-15-5-2-3-7-17(15)12-22-19(25)14-24-10-9-23(20(24)26)13-16-6-4-8-18(21)11-16/h2-8,11H,9-10,12-14H2,1H3,(H,22,25). The number of nitrogens with one attached hydrogen (secondary N) is 1. The van der Waals surface area contributed by atoms with Crippen LogP contribution in [-0.2, 0) is 17.9 Å². The summed E-state index contributed by atoms with van der Waals surface area (Å²) in [6, 6.07) is 15.3. The SMILES string of the molecule is Cc1ccccc1CNC(=O)CN1CCN(Cc2cccc(Cl)c2)C1=O. The summed E-state index contributed by atoms with van der Waals surface area (Å²) in [4.78, 5) is 28.0. The fraction of sp³-hybridized carbons (Fsp3) is 0.300. The van der Waals surface area contributed by atoms with Crippen LogP contribution in [0.25, 0.3) is 0 Å². The molecular weight excluding hydrogens is 350 g/mol. The summed E-state index contributed by atoms with van der Waals surface area (Å²) < 4.78 is 0. The molecule has 1 aliphatic rings. The maximum absolute atomic E-state index is 12.5. The first-order chi connectivity index (χ1) is 12.5. The van der Waals surface area contributed by atoms with Crippen LogP contribution in [0.3, 0.4) is 0 Å². The molecular formula is C20H22ClN3O2. The number of hydrogen-bond acceptors (Lipinski definition) is 2. The predicted molar refractivity (Wildman–Crippen MR) is 102 cm³/mol. The van der Waals surface area contributed by atoms with Crippen LogP contribution < -0.4 is 5.32 Å². The van der Waals surface area contributed by atoms with E-state index < -0.39 is 0 Å². The summed E-state index contributed by atoms with van der Waals surface area (Å²) in [5.74, 6) is -0.147. The molecule has 136 valence electrons. The minimum absolute atomic E-state index is 0.0801. The summed E-state index contributed by atoms with van der Waals surface area (Å²) in [6.07, 6.45) is 0. The van der Waals surface area contributed by atoms with Gasteiger partial charge in [-0.25, -0.2) is 4.79 Å². The van der Waals surface area contributed by atoms with E-state index in [-0.39, 0.29) is 18.5 Å². The van der Waals surface area contributed by atoms with Crippen molar-refractivity contribution in [1.82, 2.24) is 15.1 Å². The van der Waals surface area contributed by atoms with Crippen LogP contribution in [0.5, 0.6) is 0 Å². The van der Waals surface area contributed by atoms with Gasteiger partial charge in [0.25, 0.3) is 0 Å². The van der Waals surface area contributed by atoms with E-state index >= 15 is 0 Å². The number of benzene rings is 2. The Labute approximate surface area is 158 Å². The van der Waals surface area contributed by atoms with Gasteiger partial charge in [-0.2, -0.15) is 0 Å². The summed E-state index contributed by atoms with van der Waals surface area (Å²) >= 11 is 5.99. The van der Waals surface area contributed by atoms with Crippen LogP contribution in [0.4, 0.5) is 4.79 Å². The number of aryl methyl sites for hydroxylation is 1. The zero-order valence-corrected chi connectivity index (χ0v) is 15.5. The average molecular weight is 372 g/mol. The van der Waals surface area contributed by atoms with Gasteiger partial charge in [0, 0.05) is 31.2 Å². The first kappa shape index (κ1) is 18.3. The zero-order chi connectivity index (χ0) is 18.5. The molecule has 1 fully saturated rings. The van der Waals surface area contributed by atoms with Crippen molar-refractivity contribution in [3.63, 3.8) is 0 Å². The molecule has 1 saturated heterocycles. The number of hydrogen-bond donors (Lipinski definition) is 1. The number of rotatable bonds is 6. The van der Waals surface area contributed by atoms with E-state index in [0.29, 0.717) is 31.2 Å². The molecule has 1 heterocycles. The predicted octanol–water partition coefficient (Wildman–Crippen LogP) is 3.20. The van der Waals surface area contributed by atoms with Gasteiger partial charge in [0.15, 0.2) is 0 Å². The number of amides is 3. The highest BCUT2D eigenvalue weighted by atomic mass is 35.5. The van der Waals surface area contributed by atoms with Gasteiger partial charge in [0.2, 0.25) is 5.91 Å². The molecule has 26 heavy (non-hydrogen) atoms. The third-order valence-electron chi connectivity index (χ3n) is 4.52. The Morgan fingerprint density at radius 3 is 2.65 bits per heavy atom. The van der Waals surface area contributed by atoms with Gasteiger partial charge in [-0.3, -0.25) is 4.79 Å². The molecule has 0 radical (unpaired) electrons. The number of carbonyl (C=O) groups excluding carboxylic acids is 2. The fourth-order valence-electron chi connectivity index (χ4n) is 3.01. The van der Waals surface area contributed by atoms with Crippen molar-refractivity contribution in [3.8, 4) is 0 Å². The highest BCUT2D eigenvalue weighted by Gasteiger charge is 2.29. The van der Waals surface area contributed by atoms with E-state index in [4.69, 9.17) is 11.6 Å². The molecule has 3 amide bonds. The Hall–Kier alpha value is -2.53. The van der Waals surface area contributed by atoms with E-state index in [2.05, 4.69) is 5.32 Å². The summed E-state index contributed by atoms with van der Waals surface area (Å²) in [5, 5.41) is 3.54. The summed E-state index contributed by atoms with van der Waals surface area (Å²) in [5.41, 5.74) is 3.20. The van der Waals surface area contributed by atoms with E-state index in [9.17, 15) is 9.59 Å². The van der Waals surface area contributed by atoms with Gasteiger partial charge in [0.05, 0.1) is 0 Å². The van der Waals surface area contributed by atoms with Gasteiger partial charge in [0.1, 0.15) is 6.54 Å². The fourth-order valence-corrected chi connectivity index (χ4v) is 3.23. The second-order valence-corrected chi connectivity index (χ2v) is 6.90. The smallest absolute Gasteiger partial charge is 0.320 e. The van der Waals surface area contributed by atoms with Crippen molar-refractivity contribution in [2.24, 2.45) is 0 Å². The Morgan fingerprint density at radius 1 is 1.12 bits per heavy atom. The highest BCUT2D eigenvalue weighted by Crippen LogP contribution is 2.16. The Balaban J connectivity index is 1.50. The molecule has 0 unspecified atom stereocenters. The second kappa shape index (κ2) is 8.23. The van der Waals surface area contributed by atoms with E-state index in [1.165, 1.54) is 0 Å². The zero-order valence-electron chi connectivity index (χ0n) is 14.7. The van der Waals surface area contributed by atoms with Crippen LogP contribution in [0, 0.1) is 6.92 Å². The van der Waals surface area contributed by atoms with E-state index in [1.807, 2.05) is 55.5 Å². The molecule has 0 saturated carbocycles. The average Bonchev–Trinajstić information content (AvgIpc) is 2.94. The number of halogens is 1. The van der Waals surface area contributed by atoms with Crippen molar-refractivity contribution in [1.29, 1.82) is 0 Å². The molecule has 0 aromatic heterocycles. The van der Waals surface area contributed by atoms with Crippen molar-refractivity contribution in [3.05, 3.63) is 70.2 Å². The molecule has 1 N–H and O–H groups in total. The third kappa shape index (κ3) is 4.55. The first-order valence-electron chi connectivity index (χ1n) is 8.62. The van der Waals surface area contributed by atoms with E-state index in [1.54, 1.807) is 9.80 Å². The Kier molecular flexibility index (Phi) is 5.78. The molecule has 0 aliphatic carbocycles. The van der Waals surface area contributed by atoms with Crippen molar-refractivity contribution in [2.75, 3.05) is 19.6 Å². The van der Waals surface area contributed by atoms with Gasteiger partial charge in [-0.15, -0.1) is 0 Å². The molecule has 0 spiro atoms. The molecule has 0 bridgehead atoms. The highest BCUT2D eigenvalue weighted by molar-refractivity contribution is 6.30. The molecule has 3 rings (SSSR count). The molecule has 0 atom stereocenters. The van der Waals surface area contributed by atoms with Gasteiger partial charge >= 0.3 is 6.03 Å². The van der Waals surface area contributed by atoms with Crippen molar-refractivity contribution < 1.29 is 9.59 Å². The van der Waals surface area contributed by atoms with Gasteiger partial charge < -0.3 is 15.1 Å². The van der Waals surface area contributed by atoms with Crippen LogP contribution in [-0.4, -0.2) is 41.4 Å². The largest absolute Gasteiger partial charge is 0.350 e. The lowest BCUT2D eigenvalue weighted by molar-refractivity contribution is -0.121.